The van der Waals surface area contributed by atoms with Gasteiger partial charge in [-0.25, -0.2) is 0 Å². The van der Waals surface area contributed by atoms with Crippen LogP contribution in [0.5, 0.6) is 0 Å². The predicted molar refractivity (Wildman–Crippen MR) is 79.5 cm³/mol. The van der Waals surface area contributed by atoms with Crippen molar-refractivity contribution in [1.29, 1.82) is 0 Å². The van der Waals surface area contributed by atoms with E-state index >= 15 is 0 Å². The van der Waals surface area contributed by atoms with Crippen LogP contribution in [0.4, 0.5) is 0 Å². The molecule has 2 fully saturated rings. The SMILES string of the molecule is NCC1CCCC(C2CCCCCCCC2)CC1. The summed E-state index contributed by atoms with van der Waals surface area (Å²) < 4.78 is 0. The molecule has 0 spiro atoms. The van der Waals surface area contributed by atoms with Gasteiger partial charge in [-0.05, 0) is 43.6 Å². The summed E-state index contributed by atoms with van der Waals surface area (Å²) in [4.78, 5) is 0. The Labute approximate surface area is 114 Å². The largest absolute Gasteiger partial charge is 0.330 e. The molecule has 0 aliphatic heterocycles. The molecular weight excluding hydrogens is 218 g/mol. The van der Waals surface area contributed by atoms with Gasteiger partial charge in [0.05, 0.1) is 0 Å². The topological polar surface area (TPSA) is 26.0 Å². The van der Waals surface area contributed by atoms with Gasteiger partial charge in [0.15, 0.2) is 0 Å². The Morgan fingerprint density at radius 3 is 1.78 bits per heavy atom. The summed E-state index contributed by atoms with van der Waals surface area (Å²) in [7, 11) is 0. The summed E-state index contributed by atoms with van der Waals surface area (Å²) >= 11 is 0. The van der Waals surface area contributed by atoms with Crippen molar-refractivity contribution in [2.24, 2.45) is 23.5 Å². The highest BCUT2D eigenvalue weighted by Gasteiger charge is 2.25. The van der Waals surface area contributed by atoms with Gasteiger partial charge < -0.3 is 5.73 Å². The molecule has 18 heavy (non-hydrogen) atoms. The van der Waals surface area contributed by atoms with Crippen LogP contribution in [0.25, 0.3) is 0 Å². The van der Waals surface area contributed by atoms with E-state index < -0.39 is 0 Å². The van der Waals surface area contributed by atoms with Gasteiger partial charge >= 0.3 is 0 Å². The molecule has 2 unspecified atom stereocenters. The first-order valence-electron chi connectivity index (χ1n) is 8.60. The molecule has 2 saturated carbocycles. The molecule has 106 valence electrons. The van der Waals surface area contributed by atoms with Gasteiger partial charge in [-0.3, -0.25) is 0 Å². The molecule has 1 nitrogen and oxygen atoms in total. The van der Waals surface area contributed by atoms with Crippen molar-refractivity contribution in [3.05, 3.63) is 0 Å². The molecule has 0 aromatic rings. The monoisotopic (exact) mass is 251 g/mol. The van der Waals surface area contributed by atoms with Crippen molar-refractivity contribution in [3.63, 3.8) is 0 Å². The Kier molecular flexibility index (Phi) is 6.54. The average Bonchev–Trinajstić information content (AvgIpc) is 2.54. The maximum atomic E-state index is 5.86. The number of rotatable bonds is 2. The maximum Gasteiger partial charge on any atom is -0.00489 e. The van der Waals surface area contributed by atoms with Crippen molar-refractivity contribution >= 4 is 0 Å². The van der Waals surface area contributed by atoms with Gasteiger partial charge in [-0.15, -0.1) is 0 Å². The molecule has 0 amide bonds. The highest BCUT2D eigenvalue weighted by molar-refractivity contribution is 4.77. The van der Waals surface area contributed by atoms with Gasteiger partial charge in [0, 0.05) is 0 Å². The fraction of sp³-hybridized carbons (Fsp3) is 1.00. The standard InChI is InChI=1S/C17H33N/c18-14-15-8-7-11-17(13-12-15)16-9-5-3-1-2-4-6-10-16/h15-17H,1-14,18H2. The third-order valence-electron chi connectivity index (χ3n) is 5.53. The molecule has 1 heteroatoms. The molecule has 0 aromatic heterocycles. The highest BCUT2D eigenvalue weighted by Crippen LogP contribution is 2.37. The van der Waals surface area contributed by atoms with Gasteiger partial charge in [0.25, 0.3) is 0 Å². The van der Waals surface area contributed by atoms with Crippen LogP contribution < -0.4 is 5.73 Å². The van der Waals surface area contributed by atoms with Gasteiger partial charge in [0.2, 0.25) is 0 Å². The lowest BCUT2D eigenvalue weighted by Crippen LogP contribution is -2.16. The van der Waals surface area contributed by atoms with Crippen molar-refractivity contribution < 1.29 is 0 Å². The zero-order valence-corrected chi connectivity index (χ0v) is 12.2. The molecular formula is C17H33N. The quantitative estimate of drug-likeness (QED) is 0.695. The molecule has 0 bridgehead atoms. The second-order valence-electron chi connectivity index (χ2n) is 6.83. The van der Waals surface area contributed by atoms with E-state index in [1.165, 1.54) is 83.5 Å². The molecule has 2 atom stereocenters. The first kappa shape index (κ1) is 14.4. The molecule has 2 rings (SSSR count). The molecule has 0 heterocycles. The van der Waals surface area contributed by atoms with Gasteiger partial charge in [-0.2, -0.15) is 0 Å². The molecule has 2 N–H and O–H groups in total. The number of hydrogen-bond acceptors (Lipinski definition) is 1. The minimum Gasteiger partial charge on any atom is -0.330 e. The lowest BCUT2D eigenvalue weighted by Gasteiger charge is -2.26. The number of nitrogens with two attached hydrogens (primary N) is 1. The third-order valence-corrected chi connectivity index (χ3v) is 5.53. The summed E-state index contributed by atoms with van der Waals surface area (Å²) in [6.45, 7) is 0.928. The molecule has 0 radical (unpaired) electrons. The Bertz CT molecular complexity index is 204. The lowest BCUT2D eigenvalue weighted by molar-refractivity contribution is 0.255. The second-order valence-corrected chi connectivity index (χ2v) is 6.83. The lowest BCUT2D eigenvalue weighted by atomic mass is 9.80. The maximum absolute atomic E-state index is 5.86. The van der Waals surface area contributed by atoms with Crippen LogP contribution in [0.15, 0.2) is 0 Å². The van der Waals surface area contributed by atoms with E-state index in [9.17, 15) is 0 Å². The fourth-order valence-corrected chi connectivity index (χ4v) is 4.25. The molecule has 2 aliphatic rings. The number of hydrogen-bond donors (Lipinski definition) is 1. The van der Waals surface area contributed by atoms with E-state index in [0.717, 1.165) is 24.3 Å². The molecule has 2 aliphatic carbocycles. The normalized spacial score (nSPS) is 33.2. The zero-order chi connectivity index (χ0) is 12.6. The summed E-state index contributed by atoms with van der Waals surface area (Å²) in [5, 5.41) is 0. The summed E-state index contributed by atoms with van der Waals surface area (Å²) in [6.07, 6.45) is 19.3. The van der Waals surface area contributed by atoms with Crippen LogP contribution in [-0.2, 0) is 0 Å². The average molecular weight is 251 g/mol. The van der Waals surface area contributed by atoms with E-state index in [1.807, 2.05) is 0 Å². The van der Waals surface area contributed by atoms with Crippen LogP contribution in [0.3, 0.4) is 0 Å². The van der Waals surface area contributed by atoms with Crippen LogP contribution >= 0.6 is 0 Å². The van der Waals surface area contributed by atoms with Crippen LogP contribution in [0.2, 0.25) is 0 Å². The van der Waals surface area contributed by atoms with Crippen molar-refractivity contribution in [2.75, 3.05) is 6.54 Å². The highest BCUT2D eigenvalue weighted by atomic mass is 14.5. The molecule has 0 aromatic carbocycles. The van der Waals surface area contributed by atoms with Crippen molar-refractivity contribution in [2.45, 2.75) is 83.5 Å². The second kappa shape index (κ2) is 8.19. The van der Waals surface area contributed by atoms with Gasteiger partial charge in [0.1, 0.15) is 0 Å². The fourth-order valence-electron chi connectivity index (χ4n) is 4.25. The van der Waals surface area contributed by atoms with Crippen molar-refractivity contribution in [1.82, 2.24) is 0 Å². The Morgan fingerprint density at radius 2 is 1.11 bits per heavy atom. The van der Waals surface area contributed by atoms with E-state index in [1.54, 1.807) is 0 Å². The Hall–Kier alpha value is -0.0400. The van der Waals surface area contributed by atoms with Crippen LogP contribution in [0, 0.1) is 17.8 Å². The zero-order valence-electron chi connectivity index (χ0n) is 12.2. The van der Waals surface area contributed by atoms with Crippen molar-refractivity contribution in [3.8, 4) is 0 Å². The summed E-state index contributed by atoms with van der Waals surface area (Å²) in [6, 6.07) is 0. The first-order chi connectivity index (χ1) is 8.90. The smallest absolute Gasteiger partial charge is 0.00489 e. The summed E-state index contributed by atoms with van der Waals surface area (Å²) in [5.74, 6) is 2.94. The van der Waals surface area contributed by atoms with Gasteiger partial charge in [-0.1, -0.05) is 64.2 Å². The van der Waals surface area contributed by atoms with E-state index in [2.05, 4.69) is 0 Å². The molecule has 0 saturated heterocycles. The minimum absolute atomic E-state index is 0.839. The summed E-state index contributed by atoms with van der Waals surface area (Å²) in [5.41, 5.74) is 5.86. The van der Waals surface area contributed by atoms with E-state index in [0.29, 0.717) is 0 Å². The first-order valence-corrected chi connectivity index (χ1v) is 8.60. The minimum atomic E-state index is 0.839. The third kappa shape index (κ3) is 4.57. The van der Waals surface area contributed by atoms with E-state index in [4.69, 9.17) is 5.73 Å². The predicted octanol–water partition coefficient (Wildman–Crippen LogP) is 4.89. The van der Waals surface area contributed by atoms with Crippen LogP contribution in [-0.4, -0.2) is 6.54 Å². The van der Waals surface area contributed by atoms with E-state index in [-0.39, 0.29) is 0 Å². The van der Waals surface area contributed by atoms with Crippen LogP contribution in [0.1, 0.15) is 83.5 Å². The Morgan fingerprint density at radius 1 is 0.556 bits per heavy atom. The Balaban J connectivity index is 1.83.